The average molecular weight is 396 g/mol. The van der Waals surface area contributed by atoms with E-state index in [0.717, 1.165) is 42.8 Å². The van der Waals surface area contributed by atoms with Gasteiger partial charge in [0.1, 0.15) is 11.4 Å². The van der Waals surface area contributed by atoms with Crippen LogP contribution in [0.2, 0.25) is 0 Å². The van der Waals surface area contributed by atoms with Crippen molar-refractivity contribution in [1.82, 2.24) is 4.90 Å². The second kappa shape index (κ2) is 7.75. The van der Waals surface area contributed by atoms with Gasteiger partial charge in [-0.25, -0.2) is 0 Å². The summed E-state index contributed by atoms with van der Waals surface area (Å²) >= 11 is 0. The van der Waals surface area contributed by atoms with Crippen LogP contribution in [0, 0.1) is 27.7 Å². The van der Waals surface area contributed by atoms with Crippen LogP contribution < -0.4 is 4.74 Å². The molecule has 4 nitrogen and oxygen atoms in total. The number of benzene rings is 2. The van der Waals surface area contributed by atoms with E-state index in [4.69, 9.17) is 4.74 Å². The van der Waals surface area contributed by atoms with Crippen LogP contribution in [-0.4, -0.2) is 40.3 Å². The molecular weight excluding hydrogens is 362 g/mol. The summed E-state index contributed by atoms with van der Waals surface area (Å²) < 4.78 is 6.48. The molecule has 2 heterocycles. The Kier molecular flexibility index (Phi) is 5.45. The van der Waals surface area contributed by atoms with Gasteiger partial charge in [-0.3, -0.25) is 0 Å². The van der Waals surface area contributed by atoms with E-state index in [1.807, 2.05) is 6.07 Å². The Bertz CT molecular complexity index is 899. The summed E-state index contributed by atoms with van der Waals surface area (Å²) in [5, 5.41) is 21.5. The van der Waals surface area contributed by atoms with Crippen molar-refractivity contribution in [3.8, 4) is 5.75 Å². The fraction of sp³-hybridized carbons (Fsp3) is 0.520. The van der Waals surface area contributed by atoms with E-state index in [1.165, 1.54) is 22.3 Å². The van der Waals surface area contributed by atoms with Gasteiger partial charge in [-0.05, 0) is 80.5 Å². The molecule has 2 aliphatic rings. The van der Waals surface area contributed by atoms with Crippen LogP contribution in [0.4, 0.5) is 0 Å². The molecule has 2 atom stereocenters. The van der Waals surface area contributed by atoms with Gasteiger partial charge in [0.25, 0.3) is 0 Å². The summed E-state index contributed by atoms with van der Waals surface area (Å²) in [7, 11) is 0. The SMILES string of the molecule is Cc1ccc([C@@H](O)CN2CCC3(CC2)C[C@H](O)c2cc(C)c(C)cc2O3)cc1C. The van der Waals surface area contributed by atoms with Gasteiger partial charge in [-0.2, -0.15) is 0 Å². The second-order valence-corrected chi connectivity index (χ2v) is 9.14. The van der Waals surface area contributed by atoms with Crippen molar-refractivity contribution in [2.45, 2.75) is 64.8 Å². The third-order valence-electron chi connectivity index (χ3n) is 6.99. The number of β-amino-alcohol motifs (C(OH)–C–C–N with tert-alkyl or cyclic N) is 1. The fourth-order valence-corrected chi connectivity index (χ4v) is 4.67. The van der Waals surface area contributed by atoms with Crippen LogP contribution in [-0.2, 0) is 0 Å². The van der Waals surface area contributed by atoms with E-state index in [1.54, 1.807) is 0 Å². The molecule has 0 aromatic heterocycles. The van der Waals surface area contributed by atoms with Crippen molar-refractivity contribution >= 4 is 0 Å². The molecule has 0 aliphatic carbocycles. The van der Waals surface area contributed by atoms with Gasteiger partial charge >= 0.3 is 0 Å². The molecule has 1 spiro atoms. The van der Waals surface area contributed by atoms with Gasteiger partial charge in [0.2, 0.25) is 0 Å². The van der Waals surface area contributed by atoms with Crippen molar-refractivity contribution in [2.75, 3.05) is 19.6 Å². The van der Waals surface area contributed by atoms with Crippen molar-refractivity contribution in [3.05, 3.63) is 63.7 Å². The van der Waals surface area contributed by atoms with E-state index < -0.39 is 12.2 Å². The van der Waals surface area contributed by atoms with Crippen LogP contribution in [0.15, 0.2) is 30.3 Å². The Balaban J connectivity index is 1.41. The zero-order chi connectivity index (χ0) is 20.8. The Labute approximate surface area is 174 Å². The van der Waals surface area contributed by atoms with Crippen molar-refractivity contribution < 1.29 is 14.9 Å². The lowest BCUT2D eigenvalue weighted by molar-refractivity contribution is -0.0588. The highest BCUT2D eigenvalue weighted by atomic mass is 16.5. The molecule has 1 fully saturated rings. The topological polar surface area (TPSA) is 52.9 Å². The summed E-state index contributed by atoms with van der Waals surface area (Å²) in [6, 6.07) is 10.3. The first-order chi connectivity index (χ1) is 13.8. The minimum absolute atomic E-state index is 0.296. The summed E-state index contributed by atoms with van der Waals surface area (Å²) in [6.45, 7) is 10.7. The minimum Gasteiger partial charge on any atom is -0.487 e. The maximum Gasteiger partial charge on any atom is 0.126 e. The maximum atomic E-state index is 10.8. The maximum absolute atomic E-state index is 10.8. The van der Waals surface area contributed by atoms with Gasteiger partial charge < -0.3 is 19.8 Å². The quantitative estimate of drug-likeness (QED) is 0.813. The van der Waals surface area contributed by atoms with E-state index in [0.29, 0.717) is 13.0 Å². The van der Waals surface area contributed by atoms with Gasteiger partial charge in [0.05, 0.1) is 12.2 Å². The molecule has 0 radical (unpaired) electrons. The molecular formula is C25H33NO3. The second-order valence-electron chi connectivity index (χ2n) is 9.14. The predicted octanol–water partition coefficient (Wildman–Crippen LogP) is 4.30. The lowest BCUT2D eigenvalue weighted by Gasteiger charge is -2.46. The summed E-state index contributed by atoms with van der Waals surface area (Å²) in [4.78, 5) is 2.32. The number of aliphatic hydroxyl groups excluding tert-OH is 2. The molecule has 4 rings (SSSR count). The molecule has 0 bridgehead atoms. The van der Waals surface area contributed by atoms with Gasteiger partial charge in [0, 0.05) is 31.6 Å². The van der Waals surface area contributed by atoms with E-state index in [-0.39, 0.29) is 5.60 Å². The highest BCUT2D eigenvalue weighted by Crippen LogP contribution is 2.45. The van der Waals surface area contributed by atoms with Crippen LogP contribution in [0.1, 0.15) is 64.9 Å². The van der Waals surface area contributed by atoms with Gasteiger partial charge in [-0.1, -0.05) is 18.2 Å². The van der Waals surface area contributed by atoms with Crippen LogP contribution in [0.25, 0.3) is 0 Å². The highest BCUT2D eigenvalue weighted by Gasteiger charge is 2.43. The zero-order valence-corrected chi connectivity index (χ0v) is 18.0. The number of piperidine rings is 1. The van der Waals surface area contributed by atoms with Crippen molar-refractivity contribution in [3.63, 3.8) is 0 Å². The van der Waals surface area contributed by atoms with E-state index >= 15 is 0 Å². The highest BCUT2D eigenvalue weighted by molar-refractivity contribution is 5.45. The molecule has 4 heteroatoms. The molecule has 2 aromatic rings. The van der Waals surface area contributed by atoms with Gasteiger partial charge in [0.15, 0.2) is 0 Å². The normalized spacial score (nSPS) is 22.2. The Morgan fingerprint density at radius 2 is 1.66 bits per heavy atom. The number of nitrogens with zero attached hydrogens (tertiary/aromatic N) is 1. The smallest absolute Gasteiger partial charge is 0.126 e. The number of hydrogen-bond acceptors (Lipinski definition) is 4. The number of hydrogen-bond donors (Lipinski definition) is 2. The molecule has 2 N–H and O–H groups in total. The molecule has 29 heavy (non-hydrogen) atoms. The minimum atomic E-state index is -0.479. The predicted molar refractivity (Wildman–Crippen MR) is 115 cm³/mol. The molecule has 0 saturated carbocycles. The third-order valence-corrected chi connectivity index (χ3v) is 6.99. The first-order valence-corrected chi connectivity index (χ1v) is 10.7. The number of aryl methyl sites for hydroxylation is 4. The van der Waals surface area contributed by atoms with Gasteiger partial charge in [-0.15, -0.1) is 0 Å². The molecule has 2 aromatic carbocycles. The Morgan fingerprint density at radius 1 is 1.00 bits per heavy atom. The lowest BCUT2D eigenvalue weighted by Crippen LogP contribution is -2.51. The molecule has 1 saturated heterocycles. The molecule has 0 unspecified atom stereocenters. The zero-order valence-electron chi connectivity index (χ0n) is 18.0. The molecule has 2 aliphatic heterocycles. The number of aliphatic hydroxyl groups is 2. The monoisotopic (exact) mass is 395 g/mol. The number of fused-ring (bicyclic) bond motifs is 1. The Morgan fingerprint density at radius 3 is 2.34 bits per heavy atom. The third kappa shape index (κ3) is 4.07. The van der Waals surface area contributed by atoms with Crippen LogP contribution >= 0.6 is 0 Å². The largest absolute Gasteiger partial charge is 0.487 e. The molecule has 0 amide bonds. The van der Waals surface area contributed by atoms with E-state index in [2.05, 4.69) is 56.9 Å². The number of rotatable bonds is 3. The average Bonchev–Trinajstić information content (AvgIpc) is 2.68. The fourth-order valence-electron chi connectivity index (χ4n) is 4.67. The summed E-state index contributed by atoms with van der Waals surface area (Å²) in [6.07, 6.45) is 1.45. The number of ether oxygens (including phenoxy) is 1. The van der Waals surface area contributed by atoms with Crippen LogP contribution in [0.3, 0.4) is 0 Å². The first-order valence-electron chi connectivity index (χ1n) is 10.7. The number of likely N-dealkylation sites (tertiary alicyclic amines) is 1. The Hall–Kier alpha value is -1.88. The summed E-state index contributed by atoms with van der Waals surface area (Å²) in [5.74, 6) is 0.843. The molecule has 156 valence electrons. The van der Waals surface area contributed by atoms with Crippen molar-refractivity contribution in [2.24, 2.45) is 0 Å². The summed E-state index contributed by atoms with van der Waals surface area (Å²) in [5.41, 5.74) is 6.46. The first kappa shape index (κ1) is 20.4. The van der Waals surface area contributed by atoms with E-state index in [9.17, 15) is 10.2 Å². The lowest BCUT2D eigenvalue weighted by atomic mass is 9.81. The standard InChI is InChI=1S/C25H33NO3/c1-16-5-6-20(11-17(16)2)23(28)15-26-9-7-25(8-10-26)14-22(27)21-12-18(3)19(4)13-24(21)29-25/h5-6,11-13,22-23,27-28H,7-10,14-15H2,1-4H3/t22-,23-/m0/s1. The van der Waals surface area contributed by atoms with Crippen molar-refractivity contribution in [1.29, 1.82) is 0 Å². The van der Waals surface area contributed by atoms with Crippen LogP contribution in [0.5, 0.6) is 5.75 Å².